The number of benzene rings is 1. The summed E-state index contributed by atoms with van der Waals surface area (Å²) >= 11 is 0. The van der Waals surface area contributed by atoms with E-state index in [9.17, 15) is 9.59 Å². The van der Waals surface area contributed by atoms with Crippen molar-refractivity contribution in [3.63, 3.8) is 0 Å². The van der Waals surface area contributed by atoms with Gasteiger partial charge in [-0.05, 0) is 70.5 Å². The van der Waals surface area contributed by atoms with Crippen molar-refractivity contribution in [3.8, 4) is 5.75 Å². The second-order valence-electron chi connectivity index (χ2n) is 7.97. The molecule has 0 fully saturated rings. The fourth-order valence-electron chi connectivity index (χ4n) is 2.38. The molecule has 0 N–H and O–H groups in total. The van der Waals surface area contributed by atoms with Crippen LogP contribution in [-0.2, 0) is 17.8 Å². The van der Waals surface area contributed by atoms with Gasteiger partial charge in [0.1, 0.15) is 5.75 Å². The van der Waals surface area contributed by atoms with Gasteiger partial charge in [0.25, 0.3) is 5.78 Å². The summed E-state index contributed by atoms with van der Waals surface area (Å²) in [6, 6.07) is 6.40. The lowest BCUT2D eigenvalue weighted by Gasteiger charge is -2.37. The number of hydrogen-bond acceptors (Lipinski definition) is 6. The van der Waals surface area contributed by atoms with E-state index in [-0.39, 0.29) is 13.6 Å². The molecule has 0 heterocycles. The highest BCUT2D eigenvalue weighted by atomic mass is 28.5. The summed E-state index contributed by atoms with van der Waals surface area (Å²) < 4.78 is 23.4. The van der Waals surface area contributed by atoms with Crippen LogP contribution in [0.5, 0.6) is 5.75 Å². The zero-order valence-electron chi connectivity index (χ0n) is 17.0. The molecule has 0 saturated carbocycles. The Hall–Kier alpha value is -1.27. The maximum absolute atomic E-state index is 12.0. The van der Waals surface area contributed by atoms with Crippen LogP contribution < -0.4 is 4.43 Å². The monoisotopic (exact) mass is 416 g/mol. The Bertz CT molecular complexity index is 622. The first-order valence-electron chi connectivity index (χ1n) is 8.65. The molecule has 0 unspecified atom stereocenters. The molecule has 0 spiro atoms. The summed E-state index contributed by atoms with van der Waals surface area (Å²) in [6.07, 6.45) is 0. The molecule has 0 amide bonds. The van der Waals surface area contributed by atoms with Gasteiger partial charge in [-0.25, -0.2) is 4.79 Å². The SMILES string of the molecule is CCOC(=O)C(=O)c1ccc(O[Si](C)(O[Si](C)(C)C)O[Si](C)(C)C)cc1.[HH]. The van der Waals surface area contributed by atoms with Gasteiger partial charge in [0.05, 0.1) is 6.61 Å². The number of hydrogen-bond donors (Lipinski definition) is 0. The van der Waals surface area contributed by atoms with Crippen LogP contribution in [-0.4, -0.2) is 43.8 Å². The van der Waals surface area contributed by atoms with Gasteiger partial charge in [0.2, 0.25) is 0 Å². The van der Waals surface area contributed by atoms with Crippen LogP contribution in [0, 0.1) is 0 Å². The average molecular weight is 417 g/mol. The maximum atomic E-state index is 12.0. The van der Waals surface area contributed by atoms with Crippen LogP contribution in [0.15, 0.2) is 24.3 Å². The third-order valence-electron chi connectivity index (χ3n) is 2.86. The summed E-state index contributed by atoms with van der Waals surface area (Å²) in [4.78, 5) is 23.5. The van der Waals surface area contributed by atoms with E-state index in [0.717, 1.165) is 0 Å². The molecule has 148 valence electrons. The van der Waals surface area contributed by atoms with E-state index >= 15 is 0 Å². The zero-order valence-corrected chi connectivity index (χ0v) is 20.0. The van der Waals surface area contributed by atoms with Gasteiger partial charge in [-0.3, -0.25) is 4.79 Å². The molecule has 1 aromatic carbocycles. The second-order valence-corrected chi connectivity index (χ2v) is 20.0. The van der Waals surface area contributed by atoms with Crippen LogP contribution in [0.4, 0.5) is 0 Å². The summed E-state index contributed by atoms with van der Waals surface area (Å²) in [5.74, 6) is -0.976. The first kappa shape index (κ1) is 22.8. The van der Waals surface area contributed by atoms with Crippen molar-refractivity contribution in [2.24, 2.45) is 0 Å². The second kappa shape index (κ2) is 8.61. The molecule has 0 aliphatic rings. The Balaban J connectivity index is 0.00000676. The molecule has 0 aliphatic carbocycles. The van der Waals surface area contributed by atoms with Crippen molar-refractivity contribution in [2.75, 3.05) is 6.61 Å². The van der Waals surface area contributed by atoms with Crippen LogP contribution in [0.25, 0.3) is 0 Å². The Morgan fingerprint density at radius 3 is 1.73 bits per heavy atom. The molecule has 0 bridgehead atoms. The molecule has 0 aliphatic heterocycles. The summed E-state index contributed by atoms with van der Waals surface area (Å²) in [5.41, 5.74) is 0.261. The Morgan fingerprint density at radius 1 is 0.885 bits per heavy atom. The topological polar surface area (TPSA) is 71.1 Å². The molecular formula is C17H32O6Si3. The molecular weight excluding hydrogens is 384 g/mol. The highest BCUT2D eigenvalue weighted by Crippen LogP contribution is 2.25. The number of ether oxygens (including phenoxy) is 1. The van der Waals surface area contributed by atoms with E-state index < -0.39 is 37.2 Å². The smallest absolute Gasteiger partial charge is 0.502 e. The van der Waals surface area contributed by atoms with Crippen molar-refractivity contribution in [1.82, 2.24) is 0 Å². The fraction of sp³-hybridized carbons (Fsp3) is 0.529. The number of ketones is 1. The van der Waals surface area contributed by atoms with E-state index in [0.29, 0.717) is 5.75 Å². The average Bonchev–Trinajstić information content (AvgIpc) is 2.43. The minimum Gasteiger partial charge on any atom is -0.502 e. The van der Waals surface area contributed by atoms with Crippen LogP contribution in [0.3, 0.4) is 0 Å². The van der Waals surface area contributed by atoms with Gasteiger partial charge in [0, 0.05) is 13.5 Å². The van der Waals surface area contributed by atoms with E-state index in [1.807, 2.05) is 6.55 Å². The van der Waals surface area contributed by atoms with Crippen molar-refractivity contribution in [3.05, 3.63) is 29.8 Å². The number of carbonyl (C=O) groups excluding carboxylic acids is 2. The standard InChI is InChI=1S/C17H30O6Si3.H2/c1-9-20-17(19)16(18)14-10-12-15(13-11-14)21-26(8,22-24(2,3)4)23-25(5,6)7;/h10-13H,9H2,1-8H3;1H. The van der Waals surface area contributed by atoms with E-state index in [2.05, 4.69) is 39.3 Å². The van der Waals surface area contributed by atoms with Crippen LogP contribution >= 0.6 is 0 Å². The quantitative estimate of drug-likeness (QED) is 0.258. The lowest BCUT2D eigenvalue weighted by molar-refractivity contribution is -0.137. The minimum absolute atomic E-state index is 0. The summed E-state index contributed by atoms with van der Waals surface area (Å²) in [6.45, 7) is 16.3. The molecule has 26 heavy (non-hydrogen) atoms. The minimum atomic E-state index is -2.89. The normalized spacial score (nSPS) is 12.6. The number of esters is 1. The van der Waals surface area contributed by atoms with E-state index in [1.54, 1.807) is 31.2 Å². The van der Waals surface area contributed by atoms with Crippen molar-refractivity contribution in [1.29, 1.82) is 0 Å². The number of carbonyl (C=O) groups is 2. The lowest BCUT2D eigenvalue weighted by atomic mass is 10.1. The van der Waals surface area contributed by atoms with Gasteiger partial charge in [0.15, 0.2) is 16.6 Å². The molecule has 6 nitrogen and oxygen atoms in total. The predicted octanol–water partition coefficient (Wildman–Crippen LogP) is 4.33. The van der Waals surface area contributed by atoms with Crippen LogP contribution in [0.1, 0.15) is 18.7 Å². The van der Waals surface area contributed by atoms with Crippen LogP contribution in [0.2, 0.25) is 45.8 Å². The maximum Gasteiger partial charge on any atom is 0.541 e. The molecule has 0 atom stereocenters. The Labute approximate surface area is 160 Å². The molecule has 0 saturated heterocycles. The van der Waals surface area contributed by atoms with Gasteiger partial charge in [-0.1, -0.05) is 0 Å². The Morgan fingerprint density at radius 2 is 1.35 bits per heavy atom. The summed E-state index contributed by atoms with van der Waals surface area (Å²) in [5, 5.41) is 0. The van der Waals surface area contributed by atoms with Crippen molar-refractivity contribution >= 4 is 37.2 Å². The van der Waals surface area contributed by atoms with Gasteiger partial charge in [-0.2, -0.15) is 0 Å². The van der Waals surface area contributed by atoms with Crippen molar-refractivity contribution < 1.29 is 28.4 Å². The third-order valence-corrected chi connectivity index (χ3v) is 11.3. The number of Topliss-reactive ketones (excluding diaryl/α,β-unsaturated/α-hetero) is 1. The zero-order chi connectivity index (χ0) is 20.2. The van der Waals surface area contributed by atoms with Crippen molar-refractivity contribution in [2.45, 2.75) is 52.8 Å². The molecule has 0 radical (unpaired) electrons. The first-order valence-corrected chi connectivity index (χ1v) is 17.7. The van der Waals surface area contributed by atoms with E-state index in [4.69, 9.17) is 17.4 Å². The number of rotatable bonds is 9. The first-order chi connectivity index (χ1) is 11.7. The summed E-state index contributed by atoms with van der Waals surface area (Å²) in [7, 11) is -6.65. The lowest BCUT2D eigenvalue weighted by Crippen LogP contribution is -2.56. The highest BCUT2D eigenvalue weighted by Gasteiger charge is 2.45. The molecule has 0 aromatic heterocycles. The van der Waals surface area contributed by atoms with Gasteiger partial charge < -0.3 is 17.4 Å². The largest absolute Gasteiger partial charge is 0.541 e. The van der Waals surface area contributed by atoms with Gasteiger partial charge >= 0.3 is 14.8 Å². The predicted molar refractivity (Wildman–Crippen MR) is 111 cm³/mol. The molecule has 1 aromatic rings. The molecule has 9 heteroatoms. The highest BCUT2D eigenvalue weighted by molar-refractivity contribution is 6.85. The third kappa shape index (κ3) is 7.96. The molecule has 1 rings (SSSR count). The Kier molecular flexibility index (Phi) is 7.54. The fourth-order valence-corrected chi connectivity index (χ4v) is 12.7. The van der Waals surface area contributed by atoms with Gasteiger partial charge in [-0.15, -0.1) is 0 Å². The van der Waals surface area contributed by atoms with E-state index in [1.165, 1.54) is 0 Å².